The van der Waals surface area contributed by atoms with Crippen molar-refractivity contribution in [3.63, 3.8) is 0 Å². The van der Waals surface area contributed by atoms with E-state index in [1.54, 1.807) is 0 Å². The van der Waals surface area contributed by atoms with Crippen molar-refractivity contribution in [2.24, 2.45) is 0 Å². The van der Waals surface area contributed by atoms with Crippen LogP contribution in [0.15, 0.2) is 0 Å². The Morgan fingerprint density at radius 2 is 1.80 bits per heavy atom. The van der Waals surface area contributed by atoms with Crippen LogP contribution >= 0.6 is 11.6 Å². The van der Waals surface area contributed by atoms with Crippen LogP contribution in [-0.2, 0) is 23.2 Å². The molecule has 20 heavy (non-hydrogen) atoms. The number of ether oxygens (including phenoxy) is 1. The first kappa shape index (κ1) is 14.3. The smallest absolute Gasteiger partial charge is 0.162 e. The summed E-state index contributed by atoms with van der Waals surface area (Å²) < 4.78 is 6.17. The van der Waals surface area contributed by atoms with Gasteiger partial charge in [-0.3, -0.25) is 0 Å². The Morgan fingerprint density at radius 1 is 1.05 bits per heavy atom. The third kappa shape index (κ3) is 2.58. The highest BCUT2D eigenvalue weighted by molar-refractivity contribution is 6.30. The molecule has 0 radical (unpaired) electrons. The molecule has 1 aromatic heterocycles. The van der Waals surface area contributed by atoms with Crippen LogP contribution in [0.25, 0.3) is 0 Å². The van der Waals surface area contributed by atoms with E-state index in [2.05, 4.69) is 11.9 Å². The lowest BCUT2D eigenvalue weighted by Crippen LogP contribution is -2.32. The van der Waals surface area contributed by atoms with Crippen LogP contribution in [0.5, 0.6) is 0 Å². The summed E-state index contributed by atoms with van der Waals surface area (Å²) >= 11 is 6.39. The molecule has 1 fully saturated rings. The summed E-state index contributed by atoms with van der Waals surface area (Å²) in [5.74, 6) is 0.840. The number of aromatic nitrogens is 2. The van der Waals surface area contributed by atoms with Crippen LogP contribution in [0, 0.1) is 0 Å². The number of hydrogen-bond acceptors (Lipinski definition) is 3. The van der Waals surface area contributed by atoms with E-state index >= 15 is 0 Å². The minimum absolute atomic E-state index is 0.299. The molecule has 0 spiro atoms. The van der Waals surface area contributed by atoms with Crippen LogP contribution in [0.1, 0.15) is 69.0 Å². The van der Waals surface area contributed by atoms with Gasteiger partial charge in [-0.1, -0.05) is 37.3 Å². The van der Waals surface area contributed by atoms with Crippen LogP contribution in [0.3, 0.4) is 0 Å². The summed E-state index contributed by atoms with van der Waals surface area (Å²) in [6.07, 6.45) is 10.2. The van der Waals surface area contributed by atoms with Gasteiger partial charge >= 0.3 is 0 Å². The van der Waals surface area contributed by atoms with Crippen molar-refractivity contribution >= 4 is 11.6 Å². The monoisotopic (exact) mass is 294 g/mol. The zero-order valence-corrected chi connectivity index (χ0v) is 13.0. The molecule has 3 rings (SSSR count). The number of nitrogens with zero attached hydrogens (tertiary/aromatic N) is 2. The first-order valence-corrected chi connectivity index (χ1v) is 8.33. The largest absolute Gasteiger partial charge is 0.367 e. The second kappa shape index (κ2) is 5.98. The van der Waals surface area contributed by atoms with Crippen molar-refractivity contribution in [2.45, 2.75) is 70.3 Å². The number of hydrogen-bond donors (Lipinski definition) is 0. The van der Waals surface area contributed by atoms with E-state index < -0.39 is 0 Å². The van der Waals surface area contributed by atoms with E-state index in [0.717, 1.165) is 49.2 Å². The Hall–Kier alpha value is -0.670. The number of rotatable bonds is 3. The van der Waals surface area contributed by atoms with Gasteiger partial charge in [0, 0.05) is 17.9 Å². The molecule has 2 aliphatic rings. The second-order valence-corrected chi connectivity index (χ2v) is 6.32. The summed E-state index contributed by atoms with van der Waals surface area (Å²) in [6.45, 7) is 2.76. The van der Waals surface area contributed by atoms with E-state index in [0.29, 0.717) is 11.8 Å². The maximum atomic E-state index is 6.39. The lowest BCUT2D eigenvalue weighted by molar-refractivity contribution is -0.0625. The van der Waals surface area contributed by atoms with E-state index in [1.807, 2.05) is 0 Å². The fraction of sp³-hybridized carbons (Fsp3) is 0.750. The van der Waals surface area contributed by atoms with Gasteiger partial charge in [0.25, 0.3) is 0 Å². The molecule has 0 atom stereocenters. The Balaban J connectivity index is 2.00. The van der Waals surface area contributed by atoms with E-state index in [1.165, 1.54) is 25.7 Å². The van der Waals surface area contributed by atoms with Gasteiger partial charge in [-0.25, -0.2) is 9.97 Å². The van der Waals surface area contributed by atoms with Gasteiger partial charge in [0.15, 0.2) is 5.82 Å². The van der Waals surface area contributed by atoms with Gasteiger partial charge < -0.3 is 4.74 Å². The highest BCUT2D eigenvalue weighted by Crippen LogP contribution is 2.39. The third-order valence-electron chi connectivity index (χ3n) is 4.62. The lowest BCUT2D eigenvalue weighted by atomic mass is 9.92. The summed E-state index contributed by atoms with van der Waals surface area (Å²) in [4.78, 5) is 9.48. The molecule has 3 nitrogen and oxygen atoms in total. The number of halogens is 1. The molecular weight excluding hydrogens is 272 g/mol. The molecule has 1 saturated carbocycles. The van der Waals surface area contributed by atoms with Gasteiger partial charge in [-0.15, -0.1) is 0 Å². The molecule has 110 valence electrons. The maximum absolute atomic E-state index is 6.39. The van der Waals surface area contributed by atoms with Crippen LogP contribution in [0.2, 0.25) is 5.15 Å². The predicted octanol–water partition coefficient (Wildman–Crippen LogP) is 4.20. The summed E-state index contributed by atoms with van der Waals surface area (Å²) in [5.41, 5.74) is 2.02. The molecule has 0 unspecified atom stereocenters. The van der Waals surface area contributed by atoms with Crippen molar-refractivity contribution in [3.05, 3.63) is 22.2 Å². The Kier molecular flexibility index (Phi) is 4.27. The summed E-state index contributed by atoms with van der Waals surface area (Å²) in [7, 11) is 0. The first-order chi connectivity index (χ1) is 9.75. The van der Waals surface area contributed by atoms with Gasteiger partial charge in [0.1, 0.15) is 10.8 Å². The molecule has 2 aliphatic carbocycles. The molecule has 0 bridgehead atoms. The molecule has 0 amide bonds. The Morgan fingerprint density at radius 3 is 2.50 bits per heavy atom. The van der Waals surface area contributed by atoms with Crippen LogP contribution in [-0.4, -0.2) is 16.6 Å². The zero-order chi connectivity index (χ0) is 14.0. The molecular formula is C16H23ClN2O. The first-order valence-electron chi connectivity index (χ1n) is 7.95. The zero-order valence-electron chi connectivity index (χ0n) is 12.3. The van der Waals surface area contributed by atoms with Crippen molar-refractivity contribution in [1.82, 2.24) is 9.97 Å². The summed E-state index contributed by atoms with van der Waals surface area (Å²) in [6, 6.07) is 0. The average Bonchev–Trinajstić information content (AvgIpc) is 2.79. The molecule has 4 heteroatoms. The number of aryl methyl sites for hydroxylation is 1. The van der Waals surface area contributed by atoms with Crippen molar-refractivity contribution < 1.29 is 4.74 Å². The molecule has 1 aromatic rings. The SMILES string of the molecule is CCOC1(c2nc(Cl)c3c(n2)CCC3)CCCCCC1. The third-order valence-corrected chi connectivity index (χ3v) is 4.93. The highest BCUT2D eigenvalue weighted by Gasteiger charge is 2.37. The quantitative estimate of drug-likeness (QED) is 0.619. The summed E-state index contributed by atoms with van der Waals surface area (Å²) in [5, 5.41) is 0.658. The number of fused-ring (bicyclic) bond motifs is 1. The minimum atomic E-state index is -0.299. The Labute approximate surface area is 126 Å². The van der Waals surface area contributed by atoms with Gasteiger partial charge in [0.2, 0.25) is 0 Å². The second-order valence-electron chi connectivity index (χ2n) is 5.96. The van der Waals surface area contributed by atoms with Gasteiger partial charge in [-0.2, -0.15) is 0 Å². The highest BCUT2D eigenvalue weighted by atomic mass is 35.5. The average molecular weight is 295 g/mol. The topological polar surface area (TPSA) is 35.0 Å². The predicted molar refractivity (Wildman–Crippen MR) is 80.1 cm³/mol. The molecule has 1 heterocycles. The van der Waals surface area contributed by atoms with Gasteiger partial charge in [-0.05, 0) is 39.0 Å². The van der Waals surface area contributed by atoms with E-state index in [4.69, 9.17) is 21.3 Å². The molecule has 0 N–H and O–H groups in total. The molecule has 0 aliphatic heterocycles. The Bertz CT molecular complexity index is 482. The maximum Gasteiger partial charge on any atom is 0.162 e. The fourth-order valence-electron chi connectivity index (χ4n) is 3.60. The normalized spacial score (nSPS) is 21.5. The molecule has 0 saturated heterocycles. The van der Waals surface area contributed by atoms with Crippen molar-refractivity contribution in [2.75, 3.05) is 6.61 Å². The van der Waals surface area contributed by atoms with Crippen LogP contribution < -0.4 is 0 Å². The van der Waals surface area contributed by atoms with Crippen LogP contribution in [0.4, 0.5) is 0 Å². The minimum Gasteiger partial charge on any atom is -0.367 e. The van der Waals surface area contributed by atoms with E-state index in [9.17, 15) is 0 Å². The van der Waals surface area contributed by atoms with Crippen molar-refractivity contribution in [3.8, 4) is 0 Å². The van der Waals surface area contributed by atoms with Crippen molar-refractivity contribution in [1.29, 1.82) is 0 Å². The van der Waals surface area contributed by atoms with E-state index in [-0.39, 0.29) is 5.60 Å². The standard InChI is InChI=1S/C16H23ClN2O/c1-2-20-16(10-5-3-4-6-11-16)15-18-13-9-7-8-12(13)14(17)19-15/h2-11H2,1H3. The fourth-order valence-corrected chi connectivity index (χ4v) is 3.88. The molecule has 0 aromatic carbocycles. The van der Waals surface area contributed by atoms with Gasteiger partial charge in [0.05, 0.1) is 0 Å². The lowest BCUT2D eigenvalue weighted by Gasteiger charge is -2.31.